The number of amidine groups is 1. The number of alkyl carbamates (subject to hydrolysis) is 1. The molecule has 0 saturated carbocycles. The van der Waals surface area contributed by atoms with Crippen LogP contribution < -0.4 is 10.6 Å². The van der Waals surface area contributed by atoms with Crippen LogP contribution in [0.15, 0.2) is 16.5 Å². The summed E-state index contributed by atoms with van der Waals surface area (Å²) in [6.07, 6.45) is 1.38. The van der Waals surface area contributed by atoms with E-state index in [1.54, 1.807) is 0 Å². The summed E-state index contributed by atoms with van der Waals surface area (Å²) in [6.45, 7) is 0.0971. The third-order valence-corrected chi connectivity index (χ3v) is 1.60. The third kappa shape index (κ3) is 2.52. The standard InChI is InChI=1S/C6H8N3O3P/c10-3-7-1-4-2-12-6(11)8-5(4)9-13/h1,3H,2,13H2,(H,7,10)(H,8,9,11)/b4-1-. The minimum atomic E-state index is -0.551. The number of carbonyl (C=O) groups excluding carboxylic acids is 2. The molecule has 1 aliphatic heterocycles. The lowest BCUT2D eigenvalue weighted by Gasteiger charge is -2.17. The monoisotopic (exact) mass is 201 g/mol. The maximum absolute atomic E-state index is 10.7. The molecule has 0 bridgehead atoms. The van der Waals surface area contributed by atoms with Crippen LogP contribution in [0.4, 0.5) is 4.79 Å². The van der Waals surface area contributed by atoms with Gasteiger partial charge in [-0.25, -0.2) is 4.79 Å². The van der Waals surface area contributed by atoms with Crippen LogP contribution >= 0.6 is 9.39 Å². The fourth-order valence-electron chi connectivity index (χ4n) is 0.785. The highest BCUT2D eigenvalue weighted by Crippen LogP contribution is 2.05. The van der Waals surface area contributed by atoms with Crippen molar-refractivity contribution in [3.8, 4) is 0 Å². The Bertz CT molecular complexity index is 287. The Hall–Kier alpha value is -1.42. The number of cyclic esters (lactones) is 1. The topological polar surface area (TPSA) is 79.8 Å². The molecule has 1 unspecified atom stereocenters. The number of nitrogens with zero attached hydrogens (tertiary/aromatic N) is 1. The van der Waals surface area contributed by atoms with Gasteiger partial charge in [0.1, 0.15) is 12.4 Å². The molecule has 1 aliphatic rings. The Morgan fingerprint density at radius 1 is 1.69 bits per heavy atom. The Labute approximate surface area is 76.7 Å². The molecular formula is C6H8N3O3P. The number of ether oxygens (including phenoxy) is 1. The van der Waals surface area contributed by atoms with Gasteiger partial charge in [-0.3, -0.25) is 14.9 Å². The van der Waals surface area contributed by atoms with Crippen LogP contribution in [-0.4, -0.2) is 24.9 Å². The Morgan fingerprint density at radius 3 is 3.08 bits per heavy atom. The maximum Gasteiger partial charge on any atom is 0.413 e. The van der Waals surface area contributed by atoms with Gasteiger partial charge in [-0.05, 0) is 9.39 Å². The lowest BCUT2D eigenvalue weighted by atomic mass is 10.2. The van der Waals surface area contributed by atoms with Gasteiger partial charge in [0.2, 0.25) is 6.41 Å². The predicted molar refractivity (Wildman–Crippen MR) is 48.9 cm³/mol. The molecule has 1 fully saturated rings. The first-order valence-electron chi connectivity index (χ1n) is 3.38. The summed E-state index contributed by atoms with van der Waals surface area (Å²) in [4.78, 5) is 20.7. The van der Waals surface area contributed by atoms with Crippen molar-refractivity contribution in [1.29, 1.82) is 0 Å². The highest BCUT2D eigenvalue weighted by atomic mass is 31.0. The quantitative estimate of drug-likeness (QED) is 0.468. The Kier molecular flexibility index (Phi) is 3.40. The van der Waals surface area contributed by atoms with E-state index in [1.165, 1.54) is 6.20 Å². The van der Waals surface area contributed by atoms with Crippen LogP contribution in [0.2, 0.25) is 0 Å². The van der Waals surface area contributed by atoms with Crippen LogP contribution in [-0.2, 0) is 9.53 Å². The molecule has 1 saturated heterocycles. The van der Waals surface area contributed by atoms with Gasteiger partial charge in [-0.2, -0.15) is 0 Å². The lowest BCUT2D eigenvalue weighted by molar-refractivity contribution is -0.108. The smallest absolute Gasteiger partial charge is 0.413 e. The molecule has 13 heavy (non-hydrogen) atoms. The van der Waals surface area contributed by atoms with Crippen molar-refractivity contribution in [2.75, 3.05) is 6.61 Å². The predicted octanol–water partition coefficient (Wildman–Crippen LogP) is -0.455. The SMILES string of the molecule is O=CN/C=C1/COC(=O)N/C1=N/P. The van der Waals surface area contributed by atoms with E-state index < -0.39 is 6.09 Å². The Balaban J connectivity index is 2.74. The second-order valence-electron chi connectivity index (χ2n) is 2.13. The van der Waals surface area contributed by atoms with Crippen LogP contribution in [0.3, 0.4) is 0 Å². The van der Waals surface area contributed by atoms with Crippen molar-refractivity contribution < 1.29 is 14.3 Å². The van der Waals surface area contributed by atoms with Crippen LogP contribution in [0, 0.1) is 0 Å². The number of hydrogen-bond donors (Lipinski definition) is 2. The van der Waals surface area contributed by atoms with E-state index in [0.29, 0.717) is 17.8 Å². The summed E-state index contributed by atoms with van der Waals surface area (Å²) >= 11 is 0. The summed E-state index contributed by atoms with van der Waals surface area (Å²) < 4.78 is 8.38. The molecule has 70 valence electrons. The number of hydrogen-bond acceptors (Lipinski definition) is 4. The molecule has 0 aromatic heterocycles. The summed E-state index contributed by atoms with van der Waals surface area (Å²) in [5.74, 6) is 0.371. The maximum atomic E-state index is 10.7. The van der Waals surface area contributed by atoms with E-state index >= 15 is 0 Å². The van der Waals surface area contributed by atoms with Crippen LogP contribution in [0.5, 0.6) is 0 Å². The van der Waals surface area contributed by atoms with Gasteiger partial charge >= 0.3 is 6.09 Å². The molecular weight excluding hydrogens is 193 g/mol. The van der Waals surface area contributed by atoms with E-state index in [1.807, 2.05) is 0 Å². The molecule has 0 spiro atoms. The molecule has 0 aromatic rings. The van der Waals surface area contributed by atoms with Crippen molar-refractivity contribution >= 4 is 27.7 Å². The summed E-state index contributed by atoms with van der Waals surface area (Å²) in [5.41, 5.74) is 0.599. The number of nitrogens with one attached hydrogen (secondary N) is 2. The van der Waals surface area contributed by atoms with Gasteiger partial charge < -0.3 is 10.1 Å². The second-order valence-corrected chi connectivity index (χ2v) is 2.39. The Morgan fingerprint density at radius 2 is 2.46 bits per heavy atom. The molecule has 0 aromatic carbocycles. The van der Waals surface area contributed by atoms with Crippen LogP contribution in [0.1, 0.15) is 0 Å². The molecule has 7 heteroatoms. The molecule has 2 N–H and O–H groups in total. The van der Waals surface area contributed by atoms with Gasteiger partial charge in [-0.15, -0.1) is 0 Å². The van der Waals surface area contributed by atoms with E-state index in [-0.39, 0.29) is 6.61 Å². The molecule has 6 nitrogen and oxygen atoms in total. The first kappa shape index (κ1) is 9.67. The molecule has 1 atom stereocenters. The second kappa shape index (κ2) is 4.57. The van der Waals surface area contributed by atoms with Crippen molar-refractivity contribution in [3.63, 3.8) is 0 Å². The van der Waals surface area contributed by atoms with E-state index in [4.69, 9.17) is 0 Å². The van der Waals surface area contributed by atoms with Crippen molar-refractivity contribution in [2.24, 2.45) is 4.76 Å². The normalized spacial score (nSPS) is 22.4. The van der Waals surface area contributed by atoms with E-state index in [0.717, 1.165) is 0 Å². The summed E-state index contributed by atoms with van der Waals surface area (Å²) in [7, 11) is 2.11. The first-order chi connectivity index (χ1) is 6.27. The number of rotatable bonds is 2. The van der Waals surface area contributed by atoms with Gasteiger partial charge in [-0.1, -0.05) is 0 Å². The first-order valence-corrected chi connectivity index (χ1v) is 3.90. The summed E-state index contributed by atoms with van der Waals surface area (Å²) in [5, 5.41) is 4.70. The molecule has 2 amide bonds. The van der Waals surface area contributed by atoms with Crippen LogP contribution in [0.25, 0.3) is 0 Å². The zero-order valence-electron chi connectivity index (χ0n) is 6.61. The molecule has 0 aliphatic carbocycles. The highest BCUT2D eigenvalue weighted by Gasteiger charge is 2.18. The van der Waals surface area contributed by atoms with Gasteiger partial charge in [0.15, 0.2) is 0 Å². The zero-order valence-corrected chi connectivity index (χ0v) is 7.77. The third-order valence-electron chi connectivity index (χ3n) is 1.34. The summed E-state index contributed by atoms with van der Waals surface area (Å²) in [6, 6.07) is 0. The molecule has 0 radical (unpaired) electrons. The van der Waals surface area contributed by atoms with Gasteiger partial charge in [0, 0.05) is 11.8 Å². The molecule has 1 rings (SSSR count). The average molecular weight is 201 g/mol. The average Bonchev–Trinajstić information content (AvgIpc) is 2.16. The van der Waals surface area contributed by atoms with Gasteiger partial charge in [0.05, 0.1) is 0 Å². The van der Waals surface area contributed by atoms with Crippen molar-refractivity contribution in [3.05, 3.63) is 11.8 Å². The minimum Gasteiger partial charge on any atom is -0.444 e. The van der Waals surface area contributed by atoms with Crippen molar-refractivity contribution in [1.82, 2.24) is 10.6 Å². The lowest BCUT2D eigenvalue weighted by Crippen LogP contribution is -2.39. The minimum absolute atomic E-state index is 0.0971. The number of amides is 2. The number of carbonyl (C=O) groups is 2. The van der Waals surface area contributed by atoms with E-state index in [9.17, 15) is 9.59 Å². The molecule has 1 heterocycles. The van der Waals surface area contributed by atoms with E-state index in [2.05, 4.69) is 29.5 Å². The van der Waals surface area contributed by atoms with Gasteiger partial charge in [0.25, 0.3) is 0 Å². The zero-order chi connectivity index (χ0) is 9.68. The fourth-order valence-corrected chi connectivity index (χ4v) is 1.01. The largest absolute Gasteiger partial charge is 0.444 e. The fraction of sp³-hybridized carbons (Fsp3) is 0.167. The van der Waals surface area contributed by atoms with Crippen molar-refractivity contribution in [2.45, 2.75) is 0 Å². The highest BCUT2D eigenvalue weighted by molar-refractivity contribution is 7.15.